The van der Waals surface area contributed by atoms with Crippen LogP contribution in [-0.2, 0) is 6.42 Å². The summed E-state index contributed by atoms with van der Waals surface area (Å²) in [4.78, 5) is 0. The molecule has 0 aliphatic rings. The van der Waals surface area contributed by atoms with Crippen molar-refractivity contribution in [1.82, 2.24) is 10.2 Å². The molecular weight excluding hydrogens is 268 g/mol. The van der Waals surface area contributed by atoms with Gasteiger partial charge in [-0.05, 0) is 23.8 Å². The molecule has 0 bridgehead atoms. The molecule has 0 unspecified atom stereocenters. The largest absolute Gasteiger partial charge is 0.493 e. The predicted molar refractivity (Wildman–Crippen MR) is 67.1 cm³/mol. The number of nitrogens with one attached hydrogen (secondary N) is 1. The Morgan fingerprint density at radius 1 is 1.19 bits per heavy atom. The van der Waals surface area contributed by atoms with Crippen molar-refractivity contribution in [3.8, 4) is 5.75 Å². The molecule has 2 aromatic rings. The Kier molecular flexibility index (Phi) is 3.99. The molecule has 16 heavy (non-hydrogen) atoms. The number of halogens is 1. The summed E-state index contributed by atoms with van der Waals surface area (Å²) in [5.74, 6) is 0.908. The van der Waals surface area contributed by atoms with E-state index in [2.05, 4.69) is 38.3 Å². The molecule has 0 atom stereocenters. The molecule has 1 N–H and O–H groups in total. The van der Waals surface area contributed by atoms with Crippen LogP contribution in [0.5, 0.6) is 5.75 Å². The van der Waals surface area contributed by atoms with E-state index in [0.717, 1.165) is 23.2 Å². The lowest BCUT2D eigenvalue weighted by molar-refractivity contribution is 0.345. The van der Waals surface area contributed by atoms with Crippen LogP contribution >= 0.6 is 15.9 Å². The van der Waals surface area contributed by atoms with E-state index in [9.17, 15) is 0 Å². The van der Waals surface area contributed by atoms with Gasteiger partial charge in [0.1, 0.15) is 5.75 Å². The second-order valence-electron chi connectivity index (χ2n) is 3.42. The highest BCUT2D eigenvalue weighted by Crippen LogP contribution is 2.14. The Hall–Kier alpha value is -1.29. The third-order valence-electron chi connectivity index (χ3n) is 2.21. The van der Waals surface area contributed by atoms with Crippen LogP contribution in [0.25, 0.3) is 0 Å². The quantitative estimate of drug-likeness (QED) is 0.856. The SMILES string of the molecule is BrCCOc1ccc(Cc2cc[nH]n2)cc1. The second-order valence-corrected chi connectivity index (χ2v) is 4.22. The van der Waals surface area contributed by atoms with Gasteiger partial charge in [-0.15, -0.1) is 0 Å². The molecule has 1 aromatic carbocycles. The van der Waals surface area contributed by atoms with Crippen LogP contribution in [0.3, 0.4) is 0 Å². The van der Waals surface area contributed by atoms with E-state index in [4.69, 9.17) is 4.74 Å². The van der Waals surface area contributed by atoms with Crippen molar-refractivity contribution in [2.75, 3.05) is 11.9 Å². The zero-order valence-corrected chi connectivity index (χ0v) is 10.4. The maximum Gasteiger partial charge on any atom is 0.119 e. The number of aromatic amines is 1. The van der Waals surface area contributed by atoms with Crippen molar-refractivity contribution in [2.24, 2.45) is 0 Å². The number of hydrogen-bond acceptors (Lipinski definition) is 2. The lowest BCUT2D eigenvalue weighted by Crippen LogP contribution is -1.97. The van der Waals surface area contributed by atoms with Gasteiger partial charge >= 0.3 is 0 Å². The zero-order chi connectivity index (χ0) is 11.2. The van der Waals surface area contributed by atoms with Crippen molar-refractivity contribution in [3.63, 3.8) is 0 Å². The molecule has 4 heteroatoms. The van der Waals surface area contributed by atoms with Crippen LogP contribution in [0.15, 0.2) is 36.5 Å². The highest BCUT2D eigenvalue weighted by molar-refractivity contribution is 9.09. The van der Waals surface area contributed by atoms with Crippen molar-refractivity contribution in [3.05, 3.63) is 47.8 Å². The molecule has 0 saturated heterocycles. The maximum absolute atomic E-state index is 5.48. The first-order valence-corrected chi connectivity index (χ1v) is 6.27. The van der Waals surface area contributed by atoms with E-state index < -0.39 is 0 Å². The Labute approximate surface area is 103 Å². The summed E-state index contributed by atoms with van der Waals surface area (Å²) < 4.78 is 5.48. The Morgan fingerprint density at radius 3 is 2.62 bits per heavy atom. The van der Waals surface area contributed by atoms with Crippen molar-refractivity contribution < 1.29 is 4.74 Å². The molecule has 2 rings (SSSR count). The molecule has 1 heterocycles. The molecule has 0 aliphatic heterocycles. The van der Waals surface area contributed by atoms with Gasteiger partial charge < -0.3 is 4.74 Å². The summed E-state index contributed by atoms with van der Waals surface area (Å²) in [7, 11) is 0. The number of hydrogen-bond donors (Lipinski definition) is 1. The van der Waals surface area contributed by atoms with E-state index in [-0.39, 0.29) is 0 Å². The first-order chi connectivity index (χ1) is 7.88. The summed E-state index contributed by atoms with van der Waals surface area (Å²) in [5, 5.41) is 7.78. The third-order valence-corrected chi connectivity index (χ3v) is 2.54. The minimum atomic E-state index is 0.693. The van der Waals surface area contributed by atoms with E-state index in [1.54, 1.807) is 0 Å². The summed E-state index contributed by atoms with van der Waals surface area (Å²) in [6.07, 6.45) is 2.69. The fourth-order valence-electron chi connectivity index (χ4n) is 1.46. The van der Waals surface area contributed by atoms with Gasteiger partial charge in [-0.2, -0.15) is 5.10 Å². The molecular formula is C12H13BrN2O. The maximum atomic E-state index is 5.48. The minimum Gasteiger partial charge on any atom is -0.493 e. The van der Waals surface area contributed by atoms with Gasteiger partial charge in [0.2, 0.25) is 0 Å². The number of benzene rings is 1. The molecule has 0 radical (unpaired) electrons. The monoisotopic (exact) mass is 280 g/mol. The number of nitrogens with zero attached hydrogens (tertiary/aromatic N) is 1. The number of rotatable bonds is 5. The van der Waals surface area contributed by atoms with E-state index >= 15 is 0 Å². The number of H-pyrrole nitrogens is 1. The topological polar surface area (TPSA) is 37.9 Å². The molecule has 3 nitrogen and oxygen atoms in total. The minimum absolute atomic E-state index is 0.693. The van der Waals surface area contributed by atoms with E-state index in [1.807, 2.05) is 24.4 Å². The highest BCUT2D eigenvalue weighted by Gasteiger charge is 1.99. The normalized spacial score (nSPS) is 10.3. The lowest BCUT2D eigenvalue weighted by Gasteiger charge is -2.04. The van der Waals surface area contributed by atoms with Crippen LogP contribution in [0.4, 0.5) is 0 Å². The summed E-state index contributed by atoms with van der Waals surface area (Å²) in [6.45, 7) is 0.693. The van der Waals surface area contributed by atoms with Crippen molar-refractivity contribution in [1.29, 1.82) is 0 Å². The number of aromatic nitrogens is 2. The summed E-state index contributed by atoms with van der Waals surface area (Å²) in [6, 6.07) is 10.1. The summed E-state index contributed by atoms with van der Waals surface area (Å²) in [5.41, 5.74) is 2.28. The average molecular weight is 281 g/mol. The lowest BCUT2D eigenvalue weighted by atomic mass is 10.1. The first kappa shape index (κ1) is 11.2. The number of alkyl halides is 1. The van der Waals surface area contributed by atoms with Crippen LogP contribution in [-0.4, -0.2) is 22.1 Å². The smallest absolute Gasteiger partial charge is 0.119 e. The standard InChI is InChI=1S/C12H13BrN2O/c13-6-8-16-12-3-1-10(2-4-12)9-11-5-7-14-15-11/h1-5,7H,6,8-9H2,(H,14,15). The van der Waals surface area contributed by atoms with Gasteiger partial charge in [0.25, 0.3) is 0 Å². The van der Waals surface area contributed by atoms with Gasteiger partial charge in [-0.3, -0.25) is 5.10 Å². The molecule has 84 valence electrons. The van der Waals surface area contributed by atoms with Gasteiger partial charge in [0.05, 0.1) is 12.3 Å². The van der Waals surface area contributed by atoms with Gasteiger partial charge in [0.15, 0.2) is 0 Å². The fourth-order valence-corrected chi connectivity index (χ4v) is 1.62. The van der Waals surface area contributed by atoms with E-state index in [0.29, 0.717) is 6.61 Å². The van der Waals surface area contributed by atoms with E-state index in [1.165, 1.54) is 5.56 Å². The van der Waals surface area contributed by atoms with Crippen LogP contribution in [0, 0.1) is 0 Å². The Balaban J connectivity index is 1.96. The molecule has 0 saturated carbocycles. The second kappa shape index (κ2) is 5.70. The van der Waals surface area contributed by atoms with Gasteiger partial charge in [-0.1, -0.05) is 28.1 Å². The Bertz CT molecular complexity index is 411. The molecule has 0 spiro atoms. The molecule has 1 aromatic heterocycles. The average Bonchev–Trinajstić information content (AvgIpc) is 2.81. The van der Waals surface area contributed by atoms with Crippen LogP contribution in [0.1, 0.15) is 11.3 Å². The van der Waals surface area contributed by atoms with Crippen LogP contribution in [0.2, 0.25) is 0 Å². The third kappa shape index (κ3) is 3.10. The molecule has 0 aliphatic carbocycles. The van der Waals surface area contributed by atoms with Crippen LogP contribution < -0.4 is 4.74 Å². The molecule has 0 amide bonds. The van der Waals surface area contributed by atoms with Crippen molar-refractivity contribution >= 4 is 15.9 Å². The summed E-state index contributed by atoms with van der Waals surface area (Å²) >= 11 is 3.32. The highest BCUT2D eigenvalue weighted by atomic mass is 79.9. The molecule has 0 fully saturated rings. The predicted octanol–water partition coefficient (Wildman–Crippen LogP) is 2.77. The van der Waals surface area contributed by atoms with Crippen molar-refractivity contribution in [2.45, 2.75) is 6.42 Å². The zero-order valence-electron chi connectivity index (χ0n) is 8.82. The first-order valence-electron chi connectivity index (χ1n) is 5.15. The number of ether oxygens (including phenoxy) is 1. The van der Waals surface area contributed by atoms with Gasteiger partial charge in [0, 0.05) is 17.9 Å². The fraction of sp³-hybridized carbons (Fsp3) is 0.250. The van der Waals surface area contributed by atoms with Gasteiger partial charge in [-0.25, -0.2) is 0 Å². The Morgan fingerprint density at radius 2 is 2.00 bits per heavy atom.